The summed E-state index contributed by atoms with van der Waals surface area (Å²) in [5, 5.41) is -1.01. The largest absolute Gasteiger partial charge is 0.493 e. The van der Waals surface area contributed by atoms with Gasteiger partial charge in [-0.1, -0.05) is 64.5 Å². The first-order chi connectivity index (χ1) is 12.6. The Morgan fingerprint density at radius 3 is 2.56 bits per heavy atom. The number of carbonyl (C=O) groups is 1. The molecular formula is C20H23BrO5S. The summed E-state index contributed by atoms with van der Waals surface area (Å²) >= 11 is 3.21. The van der Waals surface area contributed by atoms with Crippen molar-refractivity contribution in [3.63, 3.8) is 0 Å². The lowest BCUT2D eigenvalue weighted by molar-refractivity contribution is 0.102. The monoisotopic (exact) mass is 454 g/mol. The SMILES string of the molecule is C=CCOC1=C(C)C(S(=O)(=O)O)C(C)=CC1(C)c1ccccc1C(=O)CBr. The summed E-state index contributed by atoms with van der Waals surface area (Å²) in [4.78, 5) is 12.4. The molecule has 146 valence electrons. The lowest BCUT2D eigenvalue weighted by atomic mass is 9.71. The van der Waals surface area contributed by atoms with Crippen LogP contribution in [0.1, 0.15) is 36.7 Å². The molecule has 2 unspecified atom stereocenters. The normalized spacial score (nSPS) is 23.0. The Morgan fingerprint density at radius 2 is 2.00 bits per heavy atom. The number of hydrogen-bond acceptors (Lipinski definition) is 4. The first-order valence-corrected chi connectivity index (χ1v) is 11.0. The van der Waals surface area contributed by atoms with Crippen LogP contribution in [-0.4, -0.2) is 35.9 Å². The number of halogens is 1. The van der Waals surface area contributed by atoms with Crippen molar-refractivity contribution < 1.29 is 22.5 Å². The van der Waals surface area contributed by atoms with Crippen LogP contribution >= 0.6 is 15.9 Å². The molecular weight excluding hydrogens is 432 g/mol. The number of alkyl halides is 1. The van der Waals surface area contributed by atoms with Crippen LogP contribution in [0.3, 0.4) is 0 Å². The van der Waals surface area contributed by atoms with Crippen molar-refractivity contribution in [3.8, 4) is 0 Å². The average Bonchev–Trinajstić information content (AvgIpc) is 2.59. The van der Waals surface area contributed by atoms with Crippen LogP contribution < -0.4 is 0 Å². The number of Topliss-reactive ketones (excluding diaryl/α,β-unsaturated/α-hetero) is 1. The highest BCUT2D eigenvalue weighted by molar-refractivity contribution is 9.09. The van der Waals surface area contributed by atoms with Crippen molar-refractivity contribution in [1.82, 2.24) is 0 Å². The molecule has 0 spiro atoms. The van der Waals surface area contributed by atoms with Crippen LogP contribution in [0.2, 0.25) is 0 Å². The molecule has 0 aromatic heterocycles. The predicted octanol–water partition coefficient (Wildman–Crippen LogP) is 4.21. The minimum absolute atomic E-state index is 0.0875. The van der Waals surface area contributed by atoms with Gasteiger partial charge in [0.1, 0.15) is 17.6 Å². The molecule has 0 amide bonds. The number of rotatable bonds is 7. The summed E-state index contributed by atoms with van der Waals surface area (Å²) in [5.41, 5.74) is 1.24. The van der Waals surface area contributed by atoms with Gasteiger partial charge in [0.25, 0.3) is 10.1 Å². The van der Waals surface area contributed by atoms with Crippen molar-refractivity contribution >= 4 is 31.8 Å². The minimum Gasteiger partial charge on any atom is -0.493 e. The summed E-state index contributed by atoms with van der Waals surface area (Å²) in [6.07, 6.45) is 3.31. The zero-order chi connectivity index (χ0) is 20.4. The molecule has 1 aliphatic rings. The second-order valence-electron chi connectivity index (χ2n) is 6.70. The van der Waals surface area contributed by atoms with Crippen molar-refractivity contribution in [2.24, 2.45) is 0 Å². The van der Waals surface area contributed by atoms with Crippen LogP contribution in [0.25, 0.3) is 0 Å². The van der Waals surface area contributed by atoms with Gasteiger partial charge in [0.05, 0.1) is 10.7 Å². The molecule has 0 saturated carbocycles. The van der Waals surface area contributed by atoms with Gasteiger partial charge in [-0.05, 0) is 31.9 Å². The van der Waals surface area contributed by atoms with E-state index in [0.717, 1.165) is 0 Å². The molecule has 7 heteroatoms. The minimum atomic E-state index is -4.35. The summed E-state index contributed by atoms with van der Waals surface area (Å²) in [5.74, 6) is 0.306. The van der Waals surface area contributed by atoms with Gasteiger partial charge < -0.3 is 4.74 Å². The number of carbonyl (C=O) groups excluding carboxylic acids is 1. The average molecular weight is 455 g/mol. The van der Waals surface area contributed by atoms with E-state index in [2.05, 4.69) is 22.5 Å². The lowest BCUT2D eigenvalue weighted by Gasteiger charge is -2.38. The first kappa shape index (κ1) is 21.6. The fraction of sp³-hybridized carbons (Fsp3) is 0.350. The number of hydrogen-bond donors (Lipinski definition) is 1. The third kappa shape index (κ3) is 4.10. The molecule has 1 aliphatic carbocycles. The predicted molar refractivity (Wildman–Crippen MR) is 110 cm³/mol. The number of benzene rings is 1. The van der Waals surface area contributed by atoms with Crippen molar-refractivity contribution in [3.05, 3.63) is 71.0 Å². The van der Waals surface area contributed by atoms with Crippen LogP contribution in [0.4, 0.5) is 0 Å². The second-order valence-corrected chi connectivity index (χ2v) is 8.76. The Balaban J connectivity index is 2.79. The first-order valence-electron chi connectivity index (χ1n) is 8.37. The van der Waals surface area contributed by atoms with E-state index in [9.17, 15) is 17.8 Å². The van der Waals surface area contributed by atoms with Crippen LogP contribution in [0.15, 0.2) is 59.9 Å². The van der Waals surface area contributed by atoms with Crippen LogP contribution in [-0.2, 0) is 20.3 Å². The maximum Gasteiger partial charge on any atom is 0.275 e. The van der Waals surface area contributed by atoms with E-state index < -0.39 is 20.8 Å². The van der Waals surface area contributed by atoms with Crippen LogP contribution in [0.5, 0.6) is 0 Å². The molecule has 0 saturated heterocycles. The molecule has 0 radical (unpaired) electrons. The summed E-state index contributed by atoms with van der Waals surface area (Å²) in [6.45, 7) is 8.96. The molecule has 2 rings (SSSR count). The highest BCUT2D eigenvalue weighted by Gasteiger charge is 2.43. The zero-order valence-corrected chi connectivity index (χ0v) is 17.9. The topological polar surface area (TPSA) is 80.7 Å². The summed E-state index contributed by atoms with van der Waals surface area (Å²) in [7, 11) is -4.35. The van der Waals surface area contributed by atoms with Gasteiger partial charge >= 0.3 is 0 Å². The van der Waals surface area contributed by atoms with Crippen molar-refractivity contribution in [2.45, 2.75) is 31.4 Å². The fourth-order valence-electron chi connectivity index (χ4n) is 3.78. The number of allylic oxidation sites excluding steroid dienone is 1. The van der Waals surface area contributed by atoms with Crippen molar-refractivity contribution in [1.29, 1.82) is 0 Å². The maximum absolute atomic E-state index is 12.4. The van der Waals surface area contributed by atoms with E-state index in [1.165, 1.54) is 0 Å². The quantitative estimate of drug-likeness (QED) is 0.288. The molecule has 5 nitrogen and oxygen atoms in total. The van der Waals surface area contributed by atoms with E-state index in [-0.39, 0.29) is 17.7 Å². The third-order valence-corrected chi connectivity index (χ3v) is 6.54. The number of ketones is 1. The van der Waals surface area contributed by atoms with Gasteiger partial charge in [-0.15, -0.1) is 0 Å². The summed E-state index contributed by atoms with van der Waals surface area (Å²) < 4.78 is 39.5. The Bertz CT molecular complexity index is 929. The van der Waals surface area contributed by atoms with Crippen molar-refractivity contribution in [2.75, 3.05) is 11.9 Å². The van der Waals surface area contributed by atoms with Gasteiger partial charge in [0.15, 0.2) is 5.78 Å². The van der Waals surface area contributed by atoms with Gasteiger partial charge in [-0.25, -0.2) is 0 Å². The molecule has 1 aromatic rings. The van der Waals surface area contributed by atoms with E-state index >= 15 is 0 Å². The Hall–Kier alpha value is -1.70. The second kappa shape index (κ2) is 8.12. The van der Waals surface area contributed by atoms with E-state index in [1.807, 2.05) is 19.1 Å². The summed E-state index contributed by atoms with van der Waals surface area (Å²) in [6, 6.07) is 7.18. The highest BCUT2D eigenvalue weighted by atomic mass is 79.9. The third-order valence-electron chi connectivity index (χ3n) is 4.70. The molecule has 27 heavy (non-hydrogen) atoms. The Kier molecular flexibility index (Phi) is 6.50. The Morgan fingerprint density at radius 1 is 1.37 bits per heavy atom. The van der Waals surface area contributed by atoms with Gasteiger partial charge in [0.2, 0.25) is 0 Å². The highest BCUT2D eigenvalue weighted by Crippen LogP contribution is 2.45. The molecule has 0 fully saturated rings. The molecule has 1 N–H and O–H groups in total. The van der Waals surface area contributed by atoms with Gasteiger partial charge in [-0.2, -0.15) is 8.42 Å². The maximum atomic E-state index is 12.4. The van der Waals surface area contributed by atoms with Gasteiger partial charge in [0, 0.05) is 5.56 Å². The standard InChI is InChI=1S/C20H23BrO5S/c1-5-10-26-19-14(3)18(27(23,24)25)13(2)11-20(19,4)16-9-7-6-8-15(16)17(22)12-21/h5-9,11,18H,1,10,12H2,2-4H3,(H,23,24,25). The van der Waals surface area contributed by atoms with E-state index in [4.69, 9.17) is 4.74 Å². The molecule has 2 atom stereocenters. The molecule has 0 heterocycles. The smallest absolute Gasteiger partial charge is 0.275 e. The molecule has 1 aromatic carbocycles. The Labute approximate surface area is 168 Å². The fourth-order valence-corrected chi connectivity index (χ4v) is 5.18. The van der Waals surface area contributed by atoms with Crippen LogP contribution in [0, 0.1) is 0 Å². The lowest BCUT2D eigenvalue weighted by Crippen LogP contribution is -2.37. The van der Waals surface area contributed by atoms with Gasteiger partial charge in [-0.3, -0.25) is 9.35 Å². The molecule has 0 aliphatic heterocycles. The molecule has 0 bridgehead atoms. The number of ether oxygens (including phenoxy) is 1. The van der Waals surface area contributed by atoms with E-state index in [0.29, 0.717) is 28.0 Å². The van der Waals surface area contributed by atoms with E-state index in [1.54, 1.807) is 38.1 Å². The zero-order valence-electron chi connectivity index (χ0n) is 15.5.